The third kappa shape index (κ3) is 4.26. The predicted molar refractivity (Wildman–Crippen MR) is 99.4 cm³/mol. The van der Waals surface area contributed by atoms with Crippen molar-refractivity contribution < 1.29 is 9.59 Å². The summed E-state index contributed by atoms with van der Waals surface area (Å²) in [6, 6.07) is 9.41. The summed E-state index contributed by atoms with van der Waals surface area (Å²) in [7, 11) is 0. The van der Waals surface area contributed by atoms with Gasteiger partial charge in [0.05, 0.1) is 12.1 Å². The number of halogens is 1. The number of hydrogen-bond donors (Lipinski definition) is 2. The Kier molecular flexibility index (Phi) is 5.83. The van der Waals surface area contributed by atoms with E-state index in [4.69, 9.17) is 0 Å². The molecule has 0 saturated heterocycles. The van der Waals surface area contributed by atoms with Gasteiger partial charge in [0.1, 0.15) is 0 Å². The van der Waals surface area contributed by atoms with Gasteiger partial charge in [0.25, 0.3) is 5.91 Å². The number of hydrogen-bond acceptors (Lipinski definition) is 2. The quantitative estimate of drug-likeness (QED) is 0.813. The Hall–Kier alpha value is -2.08. The molecule has 1 aromatic heterocycles. The van der Waals surface area contributed by atoms with Crippen LogP contribution in [-0.4, -0.2) is 22.9 Å². The van der Waals surface area contributed by atoms with Crippen LogP contribution in [0, 0.1) is 13.8 Å². The average molecular weight is 392 g/mol. The summed E-state index contributed by atoms with van der Waals surface area (Å²) in [5, 5.41) is 5.42. The minimum absolute atomic E-state index is 0.0692. The lowest BCUT2D eigenvalue weighted by atomic mass is 10.2. The number of rotatable bonds is 5. The molecule has 5 nitrogen and oxygen atoms in total. The summed E-state index contributed by atoms with van der Waals surface area (Å²) >= 11 is 3.34. The lowest BCUT2D eigenvalue weighted by Crippen LogP contribution is -2.33. The normalized spacial score (nSPS) is 10.8. The van der Waals surface area contributed by atoms with E-state index in [1.807, 2.05) is 32.0 Å². The summed E-state index contributed by atoms with van der Waals surface area (Å²) in [5.74, 6) is -0.496. The van der Waals surface area contributed by atoms with Gasteiger partial charge in [-0.3, -0.25) is 9.59 Å². The van der Waals surface area contributed by atoms with E-state index in [0.29, 0.717) is 11.3 Å². The van der Waals surface area contributed by atoms with Crippen LogP contribution < -0.4 is 10.6 Å². The smallest absolute Gasteiger partial charge is 0.253 e. The van der Waals surface area contributed by atoms with E-state index in [1.54, 1.807) is 12.1 Å². The number of carbonyl (C=O) groups excluding carboxylic acids is 2. The molecule has 0 atom stereocenters. The fourth-order valence-corrected chi connectivity index (χ4v) is 3.06. The summed E-state index contributed by atoms with van der Waals surface area (Å²) in [4.78, 5) is 24.3. The van der Waals surface area contributed by atoms with Crippen molar-refractivity contribution in [1.29, 1.82) is 0 Å². The molecule has 128 valence electrons. The molecule has 24 heavy (non-hydrogen) atoms. The van der Waals surface area contributed by atoms with Crippen molar-refractivity contribution in [3.8, 4) is 0 Å². The van der Waals surface area contributed by atoms with Gasteiger partial charge in [-0.2, -0.15) is 0 Å². The second kappa shape index (κ2) is 7.66. The third-order valence-electron chi connectivity index (χ3n) is 3.78. The van der Waals surface area contributed by atoms with E-state index in [1.165, 1.54) is 0 Å². The zero-order valence-corrected chi connectivity index (χ0v) is 15.9. The van der Waals surface area contributed by atoms with Crippen LogP contribution in [-0.2, 0) is 4.79 Å². The monoisotopic (exact) mass is 391 g/mol. The molecule has 6 heteroatoms. The Morgan fingerprint density at radius 3 is 2.33 bits per heavy atom. The molecule has 2 N–H and O–H groups in total. The van der Waals surface area contributed by atoms with Gasteiger partial charge < -0.3 is 15.2 Å². The van der Waals surface area contributed by atoms with Gasteiger partial charge in [-0.05, 0) is 58.0 Å². The topological polar surface area (TPSA) is 63.1 Å². The zero-order valence-electron chi connectivity index (χ0n) is 14.3. The number of carbonyl (C=O) groups is 2. The van der Waals surface area contributed by atoms with Gasteiger partial charge in [-0.15, -0.1) is 0 Å². The lowest BCUT2D eigenvalue weighted by molar-refractivity contribution is -0.115. The first-order chi connectivity index (χ1) is 11.3. The summed E-state index contributed by atoms with van der Waals surface area (Å²) < 4.78 is 3.05. The van der Waals surface area contributed by atoms with Crippen LogP contribution in [0.5, 0.6) is 0 Å². The number of nitrogens with one attached hydrogen (secondary N) is 2. The molecule has 1 aromatic carbocycles. The second-order valence-electron chi connectivity index (χ2n) is 5.99. The maximum Gasteiger partial charge on any atom is 0.253 e. The molecule has 0 aliphatic heterocycles. The van der Waals surface area contributed by atoms with Crippen LogP contribution in [0.3, 0.4) is 0 Å². The second-order valence-corrected chi connectivity index (χ2v) is 6.90. The number of anilines is 1. The maximum absolute atomic E-state index is 12.3. The molecule has 0 unspecified atom stereocenters. The van der Waals surface area contributed by atoms with Crippen molar-refractivity contribution in [2.24, 2.45) is 0 Å². The van der Waals surface area contributed by atoms with Crippen molar-refractivity contribution >= 4 is 33.4 Å². The fourth-order valence-electron chi connectivity index (χ4n) is 2.80. The van der Waals surface area contributed by atoms with Crippen LogP contribution in [0.15, 0.2) is 34.8 Å². The SMILES string of the molecule is Cc1cc(C(=O)NCC(=O)Nc2ccc(Br)cc2)c(C)n1C(C)C. The Bertz CT molecular complexity index is 748. The molecule has 0 bridgehead atoms. The molecule has 0 aliphatic carbocycles. The minimum atomic E-state index is -0.261. The Balaban J connectivity index is 1.97. The molecule has 0 fully saturated rings. The maximum atomic E-state index is 12.3. The Labute approximate surface area is 150 Å². The minimum Gasteiger partial charge on any atom is -0.346 e. The van der Waals surface area contributed by atoms with E-state index in [-0.39, 0.29) is 24.4 Å². The van der Waals surface area contributed by atoms with E-state index in [0.717, 1.165) is 15.9 Å². The van der Waals surface area contributed by atoms with E-state index in [2.05, 4.69) is 45.0 Å². The summed E-state index contributed by atoms with van der Waals surface area (Å²) in [6.45, 7) is 7.98. The largest absolute Gasteiger partial charge is 0.346 e. The van der Waals surface area contributed by atoms with Crippen LogP contribution >= 0.6 is 15.9 Å². The molecule has 2 aromatic rings. The number of aryl methyl sites for hydroxylation is 1. The first-order valence-electron chi connectivity index (χ1n) is 7.81. The highest BCUT2D eigenvalue weighted by Gasteiger charge is 2.17. The highest BCUT2D eigenvalue weighted by molar-refractivity contribution is 9.10. The van der Waals surface area contributed by atoms with E-state index in [9.17, 15) is 9.59 Å². The molecule has 0 saturated carbocycles. The molecular weight excluding hydrogens is 370 g/mol. The molecule has 1 heterocycles. The fraction of sp³-hybridized carbons (Fsp3) is 0.333. The average Bonchev–Trinajstić information content (AvgIpc) is 2.82. The molecule has 0 aliphatic rings. The van der Waals surface area contributed by atoms with Gasteiger partial charge in [-0.1, -0.05) is 15.9 Å². The number of aromatic nitrogens is 1. The molecular formula is C18H22BrN3O2. The van der Waals surface area contributed by atoms with Gasteiger partial charge in [0.2, 0.25) is 5.91 Å². The van der Waals surface area contributed by atoms with Crippen LogP contribution in [0.2, 0.25) is 0 Å². The van der Waals surface area contributed by atoms with Crippen molar-refractivity contribution in [1.82, 2.24) is 9.88 Å². The van der Waals surface area contributed by atoms with Crippen LogP contribution in [0.1, 0.15) is 41.6 Å². The van der Waals surface area contributed by atoms with Crippen LogP contribution in [0.25, 0.3) is 0 Å². The molecule has 2 amide bonds. The first kappa shape index (κ1) is 18.3. The predicted octanol–water partition coefficient (Wildman–Crippen LogP) is 3.82. The van der Waals surface area contributed by atoms with Gasteiger partial charge >= 0.3 is 0 Å². The zero-order chi connectivity index (χ0) is 17.9. The Morgan fingerprint density at radius 2 is 1.79 bits per heavy atom. The van der Waals surface area contributed by atoms with Gasteiger partial charge in [-0.25, -0.2) is 0 Å². The third-order valence-corrected chi connectivity index (χ3v) is 4.31. The highest BCUT2D eigenvalue weighted by Crippen LogP contribution is 2.20. The van der Waals surface area contributed by atoms with Crippen molar-refractivity contribution in [3.63, 3.8) is 0 Å². The number of benzene rings is 1. The first-order valence-corrected chi connectivity index (χ1v) is 8.61. The van der Waals surface area contributed by atoms with Gasteiger partial charge in [0.15, 0.2) is 0 Å². The molecule has 0 spiro atoms. The Morgan fingerprint density at radius 1 is 1.17 bits per heavy atom. The molecule has 2 rings (SSSR count). The summed E-state index contributed by atoms with van der Waals surface area (Å²) in [5.41, 5.74) is 3.24. The number of nitrogens with zero attached hydrogens (tertiary/aromatic N) is 1. The number of amides is 2. The lowest BCUT2D eigenvalue weighted by Gasteiger charge is -2.13. The molecule has 0 radical (unpaired) electrons. The van der Waals surface area contributed by atoms with Crippen molar-refractivity contribution in [2.75, 3.05) is 11.9 Å². The van der Waals surface area contributed by atoms with Crippen molar-refractivity contribution in [3.05, 3.63) is 51.8 Å². The van der Waals surface area contributed by atoms with Crippen LogP contribution in [0.4, 0.5) is 5.69 Å². The van der Waals surface area contributed by atoms with E-state index >= 15 is 0 Å². The highest BCUT2D eigenvalue weighted by atomic mass is 79.9. The summed E-state index contributed by atoms with van der Waals surface area (Å²) in [6.07, 6.45) is 0. The van der Waals surface area contributed by atoms with Crippen molar-refractivity contribution in [2.45, 2.75) is 33.7 Å². The van der Waals surface area contributed by atoms with E-state index < -0.39 is 0 Å². The van der Waals surface area contributed by atoms with Gasteiger partial charge in [0, 0.05) is 27.6 Å². The standard InChI is InChI=1S/C18H22BrN3O2/c1-11(2)22-12(3)9-16(13(22)4)18(24)20-10-17(23)21-15-7-5-14(19)6-8-15/h5-9,11H,10H2,1-4H3,(H,20,24)(H,21,23).